The minimum Gasteiger partial charge on any atom is -0.756 e. The van der Waals surface area contributed by atoms with Crippen LogP contribution >= 0.6 is 7.82 Å². The number of carbonyl (C=O) groups is 2. The van der Waals surface area contributed by atoms with E-state index in [2.05, 4.69) is 26.0 Å². The van der Waals surface area contributed by atoms with Crippen molar-refractivity contribution in [1.29, 1.82) is 0 Å². The predicted molar refractivity (Wildman–Crippen MR) is 181 cm³/mol. The minimum absolute atomic E-state index is 0.0297. The van der Waals surface area contributed by atoms with Crippen LogP contribution < -0.4 is 4.89 Å². The standard InChI is InChI=1S/C35H68NO8P/c1-6-8-10-12-14-16-17-18-20-21-23-25-27-34(37)41-31-33(32-43-45(39,40)42-30-29-36(3,4)5)44-35(38)28-26-24-22-19-15-13-11-9-7-2/h14,16,33H,6-13,15,17-32H2,1-5H3/b16-14-/t33-/m1/s1. The molecule has 0 aromatic carbocycles. The third-order valence-electron chi connectivity index (χ3n) is 7.54. The average molecular weight is 662 g/mol. The van der Waals surface area contributed by atoms with Gasteiger partial charge in [0.2, 0.25) is 0 Å². The maximum absolute atomic E-state index is 12.5. The quantitative estimate of drug-likeness (QED) is 0.0232. The number of hydrogen-bond donors (Lipinski definition) is 0. The predicted octanol–water partition coefficient (Wildman–Crippen LogP) is 8.44. The second kappa shape index (κ2) is 28.9. The van der Waals surface area contributed by atoms with Crippen molar-refractivity contribution in [3.05, 3.63) is 12.2 Å². The lowest BCUT2D eigenvalue weighted by molar-refractivity contribution is -0.870. The molecule has 0 aromatic heterocycles. The van der Waals surface area contributed by atoms with Crippen molar-refractivity contribution in [2.45, 2.75) is 155 Å². The van der Waals surface area contributed by atoms with Gasteiger partial charge in [-0.1, -0.05) is 109 Å². The fraction of sp³-hybridized carbons (Fsp3) is 0.886. The third kappa shape index (κ3) is 32.5. The van der Waals surface area contributed by atoms with Gasteiger partial charge in [0.25, 0.3) is 7.82 Å². The molecule has 266 valence electrons. The summed E-state index contributed by atoms with van der Waals surface area (Å²) in [6.45, 7) is 4.15. The van der Waals surface area contributed by atoms with Crippen LogP contribution in [0.5, 0.6) is 0 Å². The van der Waals surface area contributed by atoms with Gasteiger partial charge in [-0.05, 0) is 38.5 Å². The summed E-state index contributed by atoms with van der Waals surface area (Å²) < 4.78 is 33.6. The highest BCUT2D eigenvalue weighted by Crippen LogP contribution is 2.38. The number of esters is 2. The molecule has 0 saturated carbocycles. The summed E-state index contributed by atoms with van der Waals surface area (Å²) in [5.74, 6) is -0.848. The first-order chi connectivity index (χ1) is 21.5. The first-order valence-electron chi connectivity index (χ1n) is 17.9. The summed E-state index contributed by atoms with van der Waals surface area (Å²) in [6.07, 6.45) is 25.3. The Morgan fingerprint density at radius 3 is 1.69 bits per heavy atom. The highest BCUT2D eigenvalue weighted by atomic mass is 31.2. The molecule has 1 unspecified atom stereocenters. The zero-order chi connectivity index (χ0) is 33.7. The van der Waals surface area contributed by atoms with E-state index in [1.54, 1.807) is 0 Å². The van der Waals surface area contributed by atoms with E-state index in [0.717, 1.165) is 57.8 Å². The van der Waals surface area contributed by atoms with Gasteiger partial charge in [-0.2, -0.15) is 0 Å². The van der Waals surface area contributed by atoms with E-state index in [1.807, 2.05) is 21.1 Å². The fourth-order valence-corrected chi connectivity index (χ4v) is 5.38. The van der Waals surface area contributed by atoms with Crippen LogP contribution in [0.15, 0.2) is 12.2 Å². The van der Waals surface area contributed by atoms with Crippen LogP contribution in [0.4, 0.5) is 0 Å². The number of quaternary nitrogens is 1. The molecule has 0 amide bonds. The molecule has 9 nitrogen and oxygen atoms in total. The van der Waals surface area contributed by atoms with Gasteiger partial charge in [0.05, 0.1) is 27.7 Å². The zero-order valence-corrected chi connectivity index (χ0v) is 30.5. The van der Waals surface area contributed by atoms with Crippen LogP contribution in [0.1, 0.15) is 149 Å². The Morgan fingerprint density at radius 1 is 0.667 bits per heavy atom. The number of phosphoric acid groups is 1. The van der Waals surface area contributed by atoms with Crippen molar-refractivity contribution in [3.8, 4) is 0 Å². The molecule has 45 heavy (non-hydrogen) atoms. The second-order valence-electron chi connectivity index (χ2n) is 13.2. The van der Waals surface area contributed by atoms with Crippen molar-refractivity contribution < 1.29 is 42.1 Å². The van der Waals surface area contributed by atoms with Crippen molar-refractivity contribution >= 4 is 19.8 Å². The molecule has 0 spiro atoms. The highest BCUT2D eigenvalue weighted by molar-refractivity contribution is 7.45. The summed E-state index contributed by atoms with van der Waals surface area (Å²) in [6, 6.07) is 0. The van der Waals surface area contributed by atoms with E-state index >= 15 is 0 Å². The smallest absolute Gasteiger partial charge is 0.306 e. The number of unbranched alkanes of at least 4 members (excludes halogenated alkanes) is 16. The van der Waals surface area contributed by atoms with Crippen LogP contribution in [0, 0.1) is 0 Å². The third-order valence-corrected chi connectivity index (χ3v) is 8.50. The van der Waals surface area contributed by atoms with Crippen LogP contribution in [0.2, 0.25) is 0 Å². The van der Waals surface area contributed by atoms with E-state index in [4.69, 9.17) is 18.5 Å². The van der Waals surface area contributed by atoms with Crippen molar-refractivity contribution in [1.82, 2.24) is 0 Å². The van der Waals surface area contributed by atoms with E-state index in [0.29, 0.717) is 17.4 Å². The molecule has 2 atom stereocenters. The summed E-state index contributed by atoms with van der Waals surface area (Å²) in [5, 5.41) is 0. The lowest BCUT2D eigenvalue weighted by atomic mass is 10.1. The van der Waals surface area contributed by atoms with Crippen LogP contribution in [0.25, 0.3) is 0 Å². The number of rotatable bonds is 32. The molecule has 0 N–H and O–H groups in total. The lowest BCUT2D eigenvalue weighted by Crippen LogP contribution is -2.37. The van der Waals surface area contributed by atoms with Gasteiger partial charge in [0.1, 0.15) is 19.8 Å². The minimum atomic E-state index is -4.61. The van der Waals surface area contributed by atoms with Gasteiger partial charge in [-0.3, -0.25) is 14.2 Å². The van der Waals surface area contributed by atoms with E-state index in [-0.39, 0.29) is 26.1 Å². The van der Waals surface area contributed by atoms with E-state index < -0.39 is 32.5 Å². The Kier molecular flexibility index (Phi) is 28.1. The molecule has 0 bridgehead atoms. The molecule has 0 aromatic rings. The molecule has 0 aliphatic carbocycles. The van der Waals surface area contributed by atoms with Gasteiger partial charge in [-0.15, -0.1) is 0 Å². The monoisotopic (exact) mass is 661 g/mol. The molecule has 0 rings (SSSR count). The van der Waals surface area contributed by atoms with E-state index in [1.165, 1.54) is 57.8 Å². The summed E-state index contributed by atoms with van der Waals surface area (Å²) in [5.41, 5.74) is 0. The lowest BCUT2D eigenvalue weighted by Gasteiger charge is -2.28. The molecule has 10 heteroatoms. The second-order valence-corrected chi connectivity index (χ2v) is 14.6. The maximum atomic E-state index is 12.5. The number of carbonyl (C=O) groups excluding carboxylic acids is 2. The number of ether oxygens (including phenoxy) is 2. The molecule has 0 aliphatic rings. The Labute approximate surface area is 276 Å². The number of phosphoric ester groups is 1. The Bertz CT molecular complexity index is 799. The topological polar surface area (TPSA) is 111 Å². The molecule has 0 radical (unpaired) electrons. The van der Waals surface area contributed by atoms with Crippen molar-refractivity contribution in [2.75, 3.05) is 47.5 Å². The number of hydrogen-bond acceptors (Lipinski definition) is 8. The summed E-state index contributed by atoms with van der Waals surface area (Å²) in [4.78, 5) is 37.1. The zero-order valence-electron chi connectivity index (χ0n) is 29.6. The van der Waals surface area contributed by atoms with Crippen LogP contribution in [-0.4, -0.2) is 70.0 Å². The van der Waals surface area contributed by atoms with Gasteiger partial charge >= 0.3 is 11.9 Å². The number of allylic oxidation sites excluding steroid dienone is 2. The normalized spacial score (nSPS) is 14.0. The van der Waals surface area contributed by atoms with Gasteiger partial charge in [0.15, 0.2) is 6.10 Å². The SMILES string of the molecule is CCCCC/C=C\CCCCCCCC(=O)OC[C@H](COP(=O)([O-])OCC[N+](C)(C)C)OC(=O)CCCCCCCCCCC. The summed E-state index contributed by atoms with van der Waals surface area (Å²) in [7, 11) is 1.16. The van der Waals surface area contributed by atoms with Gasteiger partial charge in [-0.25, -0.2) is 0 Å². The highest BCUT2D eigenvalue weighted by Gasteiger charge is 2.21. The number of nitrogens with zero attached hydrogens (tertiary/aromatic N) is 1. The van der Waals surface area contributed by atoms with Crippen LogP contribution in [-0.2, 0) is 32.7 Å². The molecule has 0 heterocycles. The molecule has 0 aliphatic heterocycles. The number of likely N-dealkylation sites (N-methyl/N-ethyl adjacent to an activating group) is 1. The Hall–Kier alpha value is -1.25. The molecule has 0 fully saturated rings. The first-order valence-corrected chi connectivity index (χ1v) is 19.4. The maximum Gasteiger partial charge on any atom is 0.306 e. The fourth-order valence-electron chi connectivity index (χ4n) is 4.65. The van der Waals surface area contributed by atoms with Gasteiger partial charge < -0.3 is 27.9 Å². The average Bonchev–Trinajstić information content (AvgIpc) is 2.97. The van der Waals surface area contributed by atoms with Gasteiger partial charge in [0, 0.05) is 12.8 Å². The Balaban J connectivity index is 4.47. The van der Waals surface area contributed by atoms with Crippen molar-refractivity contribution in [2.24, 2.45) is 0 Å². The van der Waals surface area contributed by atoms with Crippen LogP contribution in [0.3, 0.4) is 0 Å². The molecular formula is C35H68NO8P. The molecule has 0 saturated heterocycles. The van der Waals surface area contributed by atoms with E-state index in [9.17, 15) is 19.0 Å². The first kappa shape index (κ1) is 43.8. The largest absolute Gasteiger partial charge is 0.756 e. The summed E-state index contributed by atoms with van der Waals surface area (Å²) >= 11 is 0. The Morgan fingerprint density at radius 2 is 1.13 bits per heavy atom. The van der Waals surface area contributed by atoms with Crippen molar-refractivity contribution in [3.63, 3.8) is 0 Å². The molecular weight excluding hydrogens is 593 g/mol.